The Morgan fingerprint density at radius 2 is 0.742 bits per heavy atom. The molecule has 46 nitrogen and oxygen atoms in total. The lowest BCUT2D eigenvalue weighted by molar-refractivity contribution is -0.147. The zero-order valence-corrected chi connectivity index (χ0v) is 71.4. The number of aromatic amines is 1. The largest absolute Gasteiger partial charge is 0.481 e. The summed E-state index contributed by atoms with van der Waals surface area (Å²) in [5, 5.41) is 95.1. The van der Waals surface area contributed by atoms with E-state index in [0.29, 0.717) is 35.7 Å². The van der Waals surface area contributed by atoms with Crippen LogP contribution in [0.15, 0.2) is 30.5 Å². The number of rotatable bonds is 61. The first-order valence-electron chi connectivity index (χ1n) is 41.1. The van der Waals surface area contributed by atoms with E-state index in [4.69, 9.17) is 34.4 Å². The minimum atomic E-state index is -2.05. The molecular formula is C78H129N21O25. The number of benzene rings is 1. The Kier molecular flexibility index (Phi) is 48.6. The summed E-state index contributed by atoms with van der Waals surface area (Å²) in [5.74, 6) is -23.6. The van der Waals surface area contributed by atoms with Crippen molar-refractivity contribution < 1.29 is 122 Å². The molecule has 0 fully saturated rings. The Bertz CT molecular complexity index is 3950. The number of amides is 16. The Balaban J connectivity index is 2.47. The summed E-state index contributed by atoms with van der Waals surface area (Å²) in [5.41, 5.74) is 35.3. The van der Waals surface area contributed by atoms with E-state index in [1.54, 1.807) is 44.3 Å². The van der Waals surface area contributed by atoms with E-state index >= 15 is 0 Å². The monoisotopic (exact) mass is 1760 g/mol. The first-order chi connectivity index (χ1) is 58.2. The summed E-state index contributed by atoms with van der Waals surface area (Å²) < 4.78 is 0. The number of carbonyl (C=O) groups is 19. The summed E-state index contributed by atoms with van der Waals surface area (Å²) in [4.78, 5) is 260. The molecule has 2 rings (SSSR count). The average molecular weight is 1760 g/mol. The fraction of sp³-hybridized carbons (Fsp3) is 0.654. The maximum Gasteiger partial charge on any atom is 0.326 e. The predicted octanol–water partition coefficient (Wildman–Crippen LogP) is -7.70. The van der Waals surface area contributed by atoms with Crippen LogP contribution < -0.4 is 109 Å². The van der Waals surface area contributed by atoms with Crippen LogP contribution in [0.1, 0.15) is 177 Å². The summed E-state index contributed by atoms with van der Waals surface area (Å²) in [6, 6.07) is -18.4. The molecule has 46 heteroatoms. The van der Waals surface area contributed by atoms with Gasteiger partial charge in [-0.15, -0.1) is 0 Å². The molecule has 1 aromatic carbocycles. The number of primary amides is 2. The number of aliphatic hydroxyl groups excluding tert-OH is 3. The lowest BCUT2D eigenvalue weighted by Gasteiger charge is -2.30. The van der Waals surface area contributed by atoms with Crippen LogP contribution in [0.4, 0.5) is 0 Å². The quantitative estimate of drug-likeness (QED) is 0.0274. The number of H-pyrrole nitrogens is 1. The first kappa shape index (κ1) is 108. The van der Waals surface area contributed by atoms with E-state index in [9.17, 15) is 122 Å². The van der Waals surface area contributed by atoms with Gasteiger partial charge in [0.15, 0.2) is 0 Å². The molecule has 0 saturated heterocycles. The SMILES string of the molecule is CC(C)C[C@H](NC(=O)[C@H](Cc1c[nH]c2ccccc12)NC(=O)[C@H](C)NC(=O)[C@H](CCC(=O)O)NC(=O)[C@@H](NC(=O)[C@H](CCCCN)NC(=O)[C@H](CCC(N)=O)NC(=O)[C@@H](NC(=O)[C@@H](NC(=O)[C@H](CO)NC(=O)[C@H](CCCCN)NC(=O)[C@H](CC(N)=O)NC(=O)[C@H](CCCCN)NC(=O)[C@@H](N)CC(C)C)C(C)C)[C@@H](C)O)[C@@H](C)O)C(=O)N[C@@H](CC(=O)O)C(=O)O. The number of hydrogen-bond acceptors (Lipinski definition) is 26. The molecule has 1 aromatic heterocycles. The minimum absolute atomic E-state index is 0.00684. The van der Waals surface area contributed by atoms with Crippen molar-refractivity contribution in [3.05, 3.63) is 36.0 Å². The molecule has 0 unspecified atom stereocenters. The topological polar surface area (TPSA) is 786 Å². The third kappa shape index (κ3) is 39.3. The van der Waals surface area contributed by atoms with Crippen LogP contribution in [0.25, 0.3) is 10.9 Å². The maximum absolute atomic E-state index is 14.4. The molecule has 33 N–H and O–H groups in total. The number of carboxylic acid groups (broad SMARTS) is 3. The second-order valence-corrected chi connectivity index (χ2v) is 31.5. The van der Waals surface area contributed by atoms with Crippen molar-refractivity contribution in [3.63, 3.8) is 0 Å². The van der Waals surface area contributed by atoms with Gasteiger partial charge in [-0.2, -0.15) is 0 Å². The van der Waals surface area contributed by atoms with Gasteiger partial charge < -0.3 is 144 Å². The second kappa shape index (κ2) is 55.5. The van der Waals surface area contributed by atoms with Gasteiger partial charge in [0.05, 0.1) is 37.7 Å². The van der Waals surface area contributed by atoms with Crippen LogP contribution in [-0.2, 0) is 97.5 Å². The van der Waals surface area contributed by atoms with Gasteiger partial charge in [0.1, 0.15) is 84.6 Å². The number of para-hydroxylation sites is 1. The van der Waals surface area contributed by atoms with E-state index in [-0.39, 0.29) is 89.3 Å². The summed E-state index contributed by atoms with van der Waals surface area (Å²) in [6.45, 7) is 12.4. The standard InChI is InChI=1S/C78H129N21O25/c1-37(2)30-45(82)65(110)87-47(20-12-15-27-79)67(112)94-54(33-58(84)104)73(118)89-48(21-13-16-28-80)68(113)96-56(36-100)74(119)97-61(39(5)6)75(120)99-63(42(9)102)77(122)90-50(23-25-57(83)103)69(114)88-49(22-14-17-29-81)70(115)98-62(41(8)101)76(121)91-51(24-26-59(105)106)66(111)86-40(7)64(109)92-53(32-43-35-85-46-19-11-10-18-44(43)46)72(117)93-52(31-38(3)4)71(116)95-55(78(123)124)34-60(107)108/h10-11,18-19,35,37-42,45,47-56,61-63,85,100-102H,12-17,20-34,36,79-82H2,1-9H3,(H2,83,103)(H2,84,104)(H,86,111)(H,87,110)(H,88,114)(H,89,118)(H,90,122)(H,91,121)(H,92,109)(H,93,117)(H,94,112)(H,95,116)(H,96,113)(H,97,119)(H,98,115)(H,99,120)(H,105,106)(H,107,108)(H,123,124)/t40-,41+,42+,45-,47-,48-,49-,50-,51-,52-,53-,54-,55-,56-,61-,62-,63-/m0/s1. The normalized spacial score (nSPS) is 15.4. The number of fused-ring (bicyclic) bond motifs is 1. The number of aliphatic hydroxyl groups is 3. The van der Waals surface area contributed by atoms with Crippen LogP contribution in [0.2, 0.25) is 0 Å². The molecular weight excluding hydrogens is 1630 g/mol. The molecule has 0 aliphatic rings. The van der Waals surface area contributed by atoms with E-state index in [1.807, 2.05) is 13.8 Å². The number of nitrogens with one attached hydrogen (secondary N) is 15. The van der Waals surface area contributed by atoms with Crippen molar-refractivity contribution in [3.8, 4) is 0 Å². The third-order valence-electron chi connectivity index (χ3n) is 19.4. The van der Waals surface area contributed by atoms with Crippen LogP contribution >= 0.6 is 0 Å². The smallest absolute Gasteiger partial charge is 0.326 e. The minimum Gasteiger partial charge on any atom is -0.481 e. The van der Waals surface area contributed by atoms with Gasteiger partial charge in [0.25, 0.3) is 0 Å². The van der Waals surface area contributed by atoms with Crippen molar-refractivity contribution in [2.24, 2.45) is 52.2 Å². The van der Waals surface area contributed by atoms with Gasteiger partial charge in [-0.1, -0.05) is 59.7 Å². The van der Waals surface area contributed by atoms with E-state index < -0.39 is 266 Å². The van der Waals surface area contributed by atoms with E-state index in [2.05, 4.69) is 79.4 Å². The average Bonchev–Trinajstić information content (AvgIpc) is 1.66. The zero-order valence-electron chi connectivity index (χ0n) is 71.4. The molecule has 0 radical (unpaired) electrons. The molecule has 0 spiro atoms. The van der Waals surface area contributed by atoms with Crippen molar-refractivity contribution in [1.82, 2.24) is 79.4 Å². The summed E-state index contributed by atoms with van der Waals surface area (Å²) in [7, 11) is 0. The van der Waals surface area contributed by atoms with Crippen molar-refractivity contribution in [2.45, 2.75) is 281 Å². The molecule has 0 aliphatic carbocycles. The number of carbonyl (C=O) groups excluding carboxylic acids is 16. The van der Waals surface area contributed by atoms with Crippen molar-refractivity contribution in [2.75, 3.05) is 26.2 Å². The van der Waals surface area contributed by atoms with Crippen molar-refractivity contribution >= 4 is 123 Å². The molecule has 0 bridgehead atoms. The Morgan fingerprint density at radius 3 is 1.19 bits per heavy atom. The van der Waals surface area contributed by atoms with E-state index in [1.165, 1.54) is 13.8 Å². The first-order valence-corrected chi connectivity index (χ1v) is 41.1. The number of aliphatic carboxylic acids is 3. The molecule has 1 heterocycles. The number of nitrogens with two attached hydrogens (primary N) is 6. The predicted molar refractivity (Wildman–Crippen MR) is 445 cm³/mol. The lowest BCUT2D eigenvalue weighted by atomic mass is 10.00. The van der Waals surface area contributed by atoms with Crippen LogP contribution in [0.3, 0.4) is 0 Å². The Hall–Kier alpha value is -11.6. The van der Waals surface area contributed by atoms with Gasteiger partial charge in [-0.3, -0.25) is 86.3 Å². The molecule has 696 valence electrons. The fourth-order valence-electron chi connectivity index (χ4n) is 12.6. The Morgan fingerprint density at radius 1 is 0.371 bits per heavy atom. The molecule has 16 amide bonds. The highest BCUT2D eigenvalue weighted by Gasteiger charge is 2.41. The second-order valence-electron chi connectivity index (χ2n) is 31.5. The molecule has 2 aromatic rings. The Labute approximate surface area is 716 Å². The van der Waals surface area contributed by atoms with E-state index in [0.717, 1.165) is 20.8 Å². The summed E-state index contributed by atoms with van der Waals surface area (Å²) >= 11 is 0. The van der Waals surface area contributed by atoms with Gasteiger partial charge in [-0.05, 0) is 153 Å². The van der Waals surface area contributed by atoms with Crippen molar-refractivity contribution in [1.29, 1.82) is 0 Å². The molecule has 0 saturated carbocycles. The number of aromatic nitrogens is 1. The van der Waals surface area contributed by atoms with Gasteiger partial charge in [0, 0.05) is 36.4 Å². The number of unbranched alkanes of at least 4 members (excludes halogenated alkanes) is 3. The van der Waals surface area contributed by atoms with Crippen LogP contribution in [-0.4, -0.2) is 277 Å². The molecule has 17 atom stereocenters. The highest BCUT2D eigenvalue weighted by Crippen LogP contribution is 2.21. The van der Waals surface area contributed by atoms with Gasteiger partial charge in [-0.25, -0.2) is 4.79 Å². The molecule has 0 aliphatic heterocycles. The number of carboxylic acids is 3. The van der Waals surface area contributed by atoms with Crippen LogP contribution in [0.5, 0.6) is 0 Å². The zero-order chi connectivity index (χ0) is 93.9. The summed E-state index contributed by atoms with van der Waals surface area (Å²) in [6.07, 6.45) is -5.75. The van der Waals surface area contributed by atoms with Gasteiger partial charge >= 0.3 is 17.9 Å². The molecule has 124 heavy (non-hydrogen) atoms. The number of hydrogen-bond donors (Lipinski definition) is 27. The highest BCUT2D eigenvalue weighted by atomic mass is 16.4. The van der Waals surface area contributed by atoms with Crippen LogP contribution in [0, 0.1) is 17.8 Å². The maximum atomic E-state index is 14.4. The highest BCUT2D eigenvalue weighted by molar-refractivity contribution is 6.02. The fourth-order valence-corrected chi connectivity index (χ4v) is 12.6. The van der Waals surface area contributed by atoms with Gasteiger partial charge in [0.2, 0.25) is 94.5 Å². The third-order valence-corrected chi connectivity index (χ3v) is 19.4. The lowest BCUT2D eigenvalue weighted by Crippen LogP contribution is -2.63.